The molecule has 106 valence electrons. The van der Waals surface area contributed by atoms with E-state index in [0.717, 1.165) is 0 Å². The average molecular weight is 273 g/mol. The normalized spacial score (nSPS) is 12.3. The minimum absolute atomic E-state index is 0.176. The first kappa shape index (κ1) is 14.3. The Morgan fingerprint density at radius 1 is 1.35 bits per heavy atom. The standard InChI is InChI=1S/C16H19NO3/c1-10-6-4-5-7-14(10)11(2)17-9-13-8-15(16(18)19)12(3)20-13/h4-8,11,17H,9H2,1-3H3,(H,18,19)/t11-/m0/s1. The molecule has 4 nitrogen and oxygen atoms in total. The third kappa shape index (κ3) is 3.08. The minimum Gasteiger partial charge on any atom is -0.478 e. The van der Waals surface area contributed by atoms with Gasteiger partial charge in [0.1, 0.15) is 17.1 Å². The van der Waals surface area contributed by atoms with Gasteiger partial charge < -0.3 is 14.8 Å². The molecular weight excluding hydrogens is 254 g/mol. The topological polar surface area (TPSA) is 62.5 Å². The van der Waals surface area contributed by atoms with Gasteiger partial charge in [-0.25, -0.2) is 4.79 Å². The van der Waals surface area contributed by atoms with Crippen LogP contribution in [-0.2, 0) is 6.54 Å². The van der Waals surface area contributed by atoms with Crippen LogP contribution in [0.15, 0.2) is 34.7 Å². The predicted molar refractivity (Wildman–Crippen MR) is 76.8 cm³/mol. The maximum atomic E-state index is 11.0. The SMILES string of the molecule is Cc1ccccc1[C@H](C)NCc1cc(C(=O)O)c(C)o1. The predicted octanol–water partition coefficient (Wildman–Crippen LogP) is 3.45. The number of aromatic carboxylic acids is 1. The van der Waals surface area contributed by atoms with Crippen molar-refractivity contribution in [3.05, 3.63) is 58.5 Å². The van der Waals surface area contributed by atoms with Crippen LogP contribution in [0.4, 0.5) is 0 Å². The summed E-state index contributed by atoms with van der Waals surface area (Å²) in [5, 5.41) is 12.3. The van der Waals surface area contributed by atoms with E-state index in [-0.39, 0.29) is 11.6 Å². The van der Waals surface area contributed by atoms with Crippen LogP contribution in [0.3, 0.4) is 0 Å². The summed E-state index contributed by atoms with van der Waals surface area (Å²) in [5.41, 5.74) is 2.69. The zero-order valence-corrected chi connectivity index (χ0v) is 11.9. The third-order valence-corrected chi connectivity index (χ3v) is 3.44. The van der Waals surface area contributed by atoms with Crippen LogP contribution in [0.5, 0.6) is 0 Å². The fourth-order valence-electron chi connectivity index (χ4n) is 2.28. The van der Waals surface area contributed by atoms with Gasteiger partial charge in [-0.2, -0.15) is 0 Å². The molecule has 0 aliphatic rings. The monoisotopic (exact) mass is 273 g/mol. The van der Waals surface area contributed by atoms with Gasteiger partial charge in [0.2, 0.25) is 0 Å². The first-order chi connectivity index (χ1) is 9.49. The summed E-state index contributed by atoms with van der Waals surface area (Å²) in [5.74, 6) is 0.127. The lowest BCUT2D eigenvalue weighted by Crippen LogP contribution is -2.18. The van der Waals surface area contributed by atoms with Gasteiger partial charge in [-0.05, 0) is 38.0 Å². The van der Waals surface area contributed by atoms with Crippen molar-refractivity contribution in [1.29, 1.82) is 0 Å². The minimum atomic E-state index is -0.954. The maximum absolute atomic E-state index is 11.0. The first-order valence-electron chi connectivity index (χ1n) is 6.60. The van der Waals surface area contributed by atoms with Crippen molar-refractivity contribution in [2.45, 2.75) is 33.4 Å². The molecule has 2 N–H and O–H groups in total. The van der Waals surface area contributed by atoms with Crippen molar-refractivity contribution in [3.8, 4) is 0 Å². The molecule has 0 aliphatic heterocycles. The molecule has 0 radical (unpaired) electrons. The molecular formula is C16H19NO3. The second-order valence-electron chi connectivity index (χ2n) is 4.95. The molecule has 20 heavy (non-hydrogen) atoms. The van der Waals surface area contributed by atoms with Crippen LogP contribution < -0.4 is 5.32 Å². The van der Waals surface area contributed by atoms with Crippen LogP contribution in [0, 0.1) is 13.8 Å². The van der Waals surface area contributed by atoms with Crippen LogP contribution in [0.1, 0.15) is 46.0 Å². The van der Waals surface area contributed by atoms with E-state index in [9.17, 15) is 4.79 Å². The summed E-state index contributed by atoms with van der Waals surface area (Å²) in [6, 6.07) is 9.95. The second kappa shape index (κ2) is 5.92. The molecule has 0 aliphatic carbocycles. The molecule has 0 spiro atoms. The Morgan fingerprint density at radius 3 is 2.65 bits per heavy atom. The van der Waals surface area contributed by atoms with E-state index in [1.807, 2.05) is 12.1 Å². The number of aryl methyl sites for hydroxylation is 2. The summed E-state index contributed by atoms with van der Waals surface area (Å²) >= 11 is 0. The van der Waals surface area contributed by atoms with Crippen LogP contribution >= 0.6 is 0 Å². The molecule has 1 heterocycles. The van der Waals surface area contributed by atoms with E-state index in [0.29, 0.717) is 18.1 Å². The number of carboxylic acids is 1. The quantitative estimate of drug-likeness (QED) is 0.876. The van der Waals surface area contributed by atoms with Gasteiger partial charge in [-0.3, -0.25) is 0 Å². The largest absolute Gasteiger partial charge is 0.478 e. The Labute approximate surface area is 118 Å². The maximum Gasteiger partial charge on any atom is 0.339 e. The van der Waals surface area contributed by atoms with Crippen molar-refractivity contribution >= 4 is 5.97 Å². The highest BCUT2D eigenvalue weighted by Gasteiger charge is 2.14. The second-order valence-corrected chi connectivity index (χ2v) is 4.95. The van der Waals surface area contributed by atoms with Gasteiger partial charge >= 0.3 is 5.97 Å². The molecule has 1 atom stereocenters. The van der Waals surface area contributed by atoms with E-state index in [1.54, 1.807) is 13.0 Å². The number of carbonyl (C=O) groups is 1. The Kier molecular flexibility index (Phi) is 4.25. The van der Waals surface area contributed by atoms with Gasteiger partial charge in [-0.15, -0.1) is 0 Å². The van der Waals surface area contributed by atoms with Crippen molar-refractivity contribution in [3.63, 3.8) is 0 Å². The Morgan fingerprint density at radius 2 is 2.05 bits per heavy atom. The lowest BCUT2D eigenvalue weighted by atomic mass is 10.0. The molecule has 2 aromatic rings. The molecule has 0 saturated carbocycles. The fourth-order valence-corrected chi connectivity index (χ4v) is 2.28. The highest BCUT2D eigenvalue weighted by molar-refractivity contribution is 5.88. The number of carboxylic acid groups (broad SMARTS) is 1. The zero-order valence-electron chi connectivity index (χ0n) is 11.9. The molecule has 4 heteroatoms. The number of rotatable bonds is 5. The fraction of sp³-hybridized carbons (Fsp3) is 0.312. The molecule has 0 unspecified atom stereocenters. The van der Waals surface area contributed by atoms with E-state index in [4.69, 9.17) is 9.52 Å². The molecule has 1 aromatic heterocycles. The molecule has 0 bridgehead atoms. The summed E-state index contributed by atoms with van der Waals surface area (Å²) < 4.78 is 5.45. The lowest BCUT2D eigenvalue weighted by Gasteiger charge is -2.15. The number of nitrogens with one attached hydrogen (secondary N) is 1. The van der Waals surface area contributed by atoms with Crippen molar-refractivity contribution < 1.29 is 14.3 Å². The summed E-state index contributed by atoms with van der Waals surface area (Å²) in [7, 11) is 0. The molecule has 0 amide bonds. The third-order valence-electron chi connectivity index (χ3n) is 3.44. The van der Waals surface area contributed by atoms with E-state index in [2.05, 4.69) is 31.3 Å². The average Bonchev–Trinajstić information content (AvgIpc) is 2.78. The number of hydrogen-bond acceptors (Lipinski definition) is 3. The van der Waals surface area contributed by atoms with E-state index in [1.165, 1.54) is 11.1 Å². The summed E-state index contributed by atoms with van der Waals surface area (Å²) in [6.07, 6.45) is 0. The van der Waals surface area contributed by atoms with Gasteiger partial charge in [0.15, 0.2) is 0 Å². The van der Waals surface area contributed by atoms with E-state index < -0.39 is 5.97 Å². The number of benzene rings is 1. The number of furan rings is 1. The lowest BCUT2D eigenvalue weighted by molar-refractivity contribution is 0.0695. The molecule has 2 rings (SSSR count). The highest BCUT2D eigenvalue weighted by Crippen LogP contribution is 2.19. The summed E-state index contributed by atoms with van der Waals surface area (Å²) in [4.78, 5) is 11.0. The molecule has 0 saturated heterocycles. The summed E-state index contributed by atoms with van der Waals surface area (Å²) in [6.45, 7) is 6.32. The Hall–Kier alpha value is -2.07. The van der Waals surface area contributed by atoms with Crippen LogP contribution in [-0.4, -0.2) is 11.1 Å². The van der Waals surface area contributed by atoms with Gasteiger partial charge in [-0.1, -0.05) is 24.3 Å². The van der Waals surface area contributed by atoms with Crippen molar-refractivity contribution in [2.75, 3.05) is 0 Å². The van der Waals surface area contributed by atoms with E-state index >= 15 is 0 Å². The highest BCUT2D eigenvalue weighted by atomic mass is 16.4. The number of hydrogen-bond donors (Lipinski definition) is 2. The smallest absolute Gasteiger partial charge is 0.339 e. The molecule has 1 aromatic carbocycles. The van der Waals surface area contributed by atoms with Crippen molar-refractivity contribution in [1.82, 2.24) is 5.32 Å². The Balaban J connectivity index is 2.04. The van der Waals surface area contributed by atoms with Gasteiger partial charge in [0.25, 0.3) is 0 Å². The molecule has 0 fully saturated rings. The van der Waals surface area contributed by atoms with Crippen molar-refractivity contribution in [2.24, 2.45) is 0 Å². The van der Waals surface area contributed by atoms with Crippen LogP contribution in [0.25, 0.3) is 0 Å². The van der Waals surface area contributed by atoms with Crippen LogP contribution in [0.2, 0.25) is 0 Å². The zero-order chi connectivity index (χ0) is 14.7. The van der Waals surface area contributed by atoms with Gasteiger partial charge in [0.05, 0.1) is 6.54 Å². The first-order valence-corrected chi connectivity index (χ1v) is 6.60. The Bertz CT molecular complexity index is 616. The van der Waals surface area contributed by atoms with Gasteiger partial charge in [0, 0.05) is 6.04 Å².